The van der Waals surface area contributed by atoms with Crippen LogP contribution >= 0.6 is 11.3 Å². The highest BCUT2D eigenvalue weighted by molar-refractivity contribution is 7.95. The minimum atomic E-state index is -3.37. The van der Waals surface area contributed by atoms with E-state index in [1.54, 1.807) is 0 Å². The molecular formula is C7H8O4S3. The average Bonchev–Trinajstić information content (AvgIpc) is 2.48. The van der Waals surface area contributed by atoms with Crippen LogP contribution in [0.15, 0.2) is 20.6 Å². The van der Waals surface area contributed by atoms with E-state index in [4.69, 9.17) is 0 Å². The van der Waals surface area contributed by atoms with E-state index in [0.717, 1.165) is 11.3 Å². The molecule has 0 bridgehead atoms. The predicted molar refractivity (Wildman–Crippen MR) is 53.0 cm³/mol. The summed E-state index contributed by atoms with van der Waals surface area (Å²) in [6.45, 7) is 0. The fraction of sp³-hybridized carbons (Fsp3) is 0.429. The summed E-state index contributed by atoms with van der Waals surface area (Å²) < 4.78 is 46.3. The highest BCUT2D eigenvalue weighted by Crippen LogP contribution is 2.30. The Bertz CT molecular complexity index is 501. The van der Waals surface area contributed by atoms with Crippen molar-refractivity contribution in [2.24, 2.45) is 0 Å². The monoisotopic (exact) mass is 252 g/mol. The molecule has 0 saturated heterocycles. The number of thiophene rings is 1. The van der Waals surface area contributed by atoms with E-state index >= 15 is 0 Å². The van der Waals surface area contributed by atoms with E-state index < -0.39 is 19.7 Å². The number of fused-ring (bicyclic) bond motifs is 1. The van der Waals surface area contributed by atoms with Gasteiger partial charge >= 0.3 is 0 Å². The Labute approximate surface area is 86.4 Å². The third kappa shape index (κ3) is 1.49. The van der Waals surface area contributed by atoms with Crippen molar-refractivity contribution in [1.82, 2.24) is 0 Å². The van der Waals surface area contributed by atoms with Gasteiger partial charge in [-0.3, -0.25) is 0 Å². The van der Waals surface area contributed by atoms with Crippen LogP contribution in [0.1, 0.15) is 6.42 Å². The molecule has 14 heavy (non-hydrogen) atoms. The Morgan fingerprint density at radius 3 is 1.79 bits per heavy atom. The lowest BCUT2D eigenvalue weighted by Gasteiger charge is -1.97. The third-order valence-electron chi connectivity index (χ3n) is 2.09. The maximum absolute atomic E-state index is 11.6. The van der Waals surface area contributed by atoms with Gasteiger partial charge in [0.15, 0.2) is 19.7 Å². The maximum Gasteiger partial charge on any atom is 0.180 e. The summed E-state index contributed by atoms with van der Waals surface area (Å²) in [7, 11) is -6.75. The largest absolute Gasteiger partial charge is 0.224 e. The molecule has 0 N–H and O–H groups in total. The van der Waals surface area contributed by atoms with Gasteiger partial charge in [-0.05, 0) is 6.42 Å². The fourth-order valence-electron chi connectivity index (χ4n) is 1.39. The number of hydrogen-bond acceptors (Lipinski definition) is 5. The minimum absolute atomic E-state index is 0.0139. The van der Waals surface area contributed by atoms with Crippen LogP contribution in [0.4, 0.5) is 0 Å². The standard InChI is InChI=1S/C7H8O4S3/c8-13(9)2-1-3-14(10,11)7-5-12-4-6(7)13/h4-5H,1-3H2. The molecule has 0 spiro atoms. The van der Waals surface area contributed by atoms with Gasteiger partial charge in [0.05, 0.1) is 21.3 Å². The number of rotatable bonds is 0. The zero-order valence-electron chi connectivity index (χ0n) is 7.13. The van der Waals surface area contributed by atoms with Gasteiger partial charge in [-0.2, -0.15) is 0 Å². The molecule has 1 aliphatic rings. The quantitative estimate of drug-likeness (QED) is 0.681. The SMILES string of the molecule is O=S1(=O)CCCS(=O)(=O)c2cscc21. The molecule has 2 heterocycles. The molecule has 0 radical (unpaired) electrons. The van der Waals surface area contributed by atoms with E-state index in [2.05, 4.69) is 0 Å². The van der Waals surface area contributed by atoms with Crippen LogP contribution in [0.5, 0.6) is 0 Å². The highest BCUT2D eigenvalue weighted by Gasteiger charge is 2.31. The van der Waals surface area contributed by atoms with E-state index in [1.165, 1.54) is 10.8 Å². The highest BCUT2D eigenvalue weighted by atomic mass is 32.2. The van der Waals surface area contributed by atoms with Gasteiger partial charge in [-0.25, -0.2) is 16.8 Å². The molecule has 78 valence electrons. The Kier molecular flexibility index (Phi) is 2.20. The van der Waals surface area contributed by atoms with Crippen LogP contribution in [-0.4, -0.2) is 28.3 Å². The topological polar surface area (TPSA) is 68.3 Å². The normalized spacial score (nSPS) is 23.7. The van der Waals surface area contributed by atoms with Crippen LogP contribution in [0.25, 0.3) is 0 Å². The molecule has 0 amide bonds. The van der Waals surface area contributed by atoms with Crippen molar-refractivity contribution < 1.29 is 16.8 Å². The summed E-state index contributed by atoms with van der Waals surface area (Å²) in [5.74, 6) is -0.147. The van der Waals surface area contributed by atoms with E-state index in [1.807, 2.05) is 0 Å². The summed E-state index contributed by atoms with van der Waals surface area (Å²) in [6, 6.07) is 0. The van der Waals surface area contributed by atoms with Crippen molar-refractivity contribution >= 4 is 31.0 Å². The number of sulfone groups is 2. The van der Waals surface area contributed by atoms with Gasteiger partial charge in [0.1, 0.15) is 0 Å². The first-order valence-electron chi connectivity index (χ1n) is 3.95. The van der Waals surface area contributed by atoms with E-state index in [-0.39, 0.29) is 27.7 Å². The van der Waals surface area contributed by atoms with Gasteiger partial charge < -0.3 is 0 Å². The van der Waals surface area contributed by atoms with Crippen molar-refractivity contribution in [3.05, 3.63) is 10.8 Å². The molecule has 0 fully saturated rings. The zero-order chi connectivity index (χ0) is 10.4. The molecule has 7 heteroatoms. The minimum Gasteiger partial charge on any atom is -0.224 e. The third-order valence-corrected chi connectivity index (χ3v) is 6.93. The molecule has 1 aromatic heterocycles. The second-order valence-corrected chi connectivity index (χ2v) is 7.99. The van der Waals surface area contributed by atoms with Crippen LogP contribution in [0.2, 0.25) is 0 Å². The molecule has 1 aliphatic heterocycles. The Hall–Kier alpha value is -0.400. The number of hydrogen-bond donors (Lipinski definition) is 0. The summed E-state index contributed by atoms with van der Waals surface area (Å²) in [4.78, 5) is -0.0278. The summed E-state index contributed by atoms with van der Waals surface area (Å²) in [5, 5.41) is 2.79. The molecule has 0 unspecified atom stereocenters. The molecule has 0 aromatic carbocycles. The first kappa shape index (κ1) is 10.1. The zero-order valence-corrected chi connectivity index (χ0v) is 9.58. The van der Waals surface area contributed by atoms with Crippen LogP contribution in [0.3, 0.4) is 0 Å². The van der Waals surface area contributed by atoms with Crippen LogP contribution < -0.4 is 0 Å². The summed E-state index contributed by atoms with van der Waals surface area (Å²) >= 11 is 1.11. The lowest BCUT2D eigenvalue weighted by Crippen LogP contribution is -2.04. The van der Waals surface area contributed by atoms with Crippen molar-refractivity contribution in [2.75, 3.05) is 11.5 Å². The van der Waals surface area contributed by atoms with Crippen molar-refractivity contribution in [3.8, 4) is 0 Å². The summed E-state index contributed by atoms with van der Waals surface area (Å²) in [5.41, 5.74) is 0. The van der Waals surface area contributed by atoms with Crippen molar-refractivity contribution in [1.29, 1.82) is 0 Å². The van der Waals surface area contributed by atoms with Crippen molar-refractivity contribution in [3.63, 3.8) is 0 Å². The molecule has 0 atom stereocenters. The summed E-state index contributed by atoms with van der Waals surface area (Å²) in [6.07, 6.45) is 0.185. The predicted octanol–water partition coefficient (Wildman–Crippen LogP) is 0.699. The van der Waals surface area contributed by atoms with Crippen LogP contribution in [-0.2, 0) is 19.7 Å². The van der Waals surface area contributed by atoms with Crippen molar-refractivity contribution in [2.45, 2.75) is 16.2 Å². The van der Waals surface area contributed by atoms with Gasteiger partial charge in [0, 0.05) is 10.8 Å². The average molecular weight is 252 g/mol. The van der Waals surface area contributed by atoms with E-state index in [9.17, 15) is 16.8 Å². The Balaban J connectivity index is 2.80. The lowest BCUT2D eigenvalue weighted by molar-refractivity contribution is 0.590. The smallest absolute Gasteiger partial charge is 0.180 e. The van der Waals surface area contributed by atoms with Crippen LogP contribution in [0, 0.1) is 0 Å². The van der Waals surface area contributed by atoms with Gasteiger partial charge in [-0.15, -0.1) is 11.3 Å². The Morgan fingerprint density at radius 1 is 0.929 bits per heavy atom. The maximum atomic E-state index is 11.6. The van der Waals surface area contributed by atoms with Gasteiger partial charge in [0.2, 0.25) is 0 Å². The lowest BCUT2D eigenvalue weighted by atomic mass is 10.6. The molecule has 4 nitrogen and oxygen atoms in total. The second-order valence-electron chi connectivity index (χ2n) is 3.09. The second kappa shape index (κ2) is 3.04. The molecule has 2 rings (SSSR count). The molecule has 0 aliphatic carbocycles. The molecular weight excluding hydrogens is 244 g/mol. The fourth-order valence-corrected chi connectivity index (χ4v) is 6.77. The Morgan fingerprint density at radius 2 is 1.36 bits per heavy atom. The molecule has 1 aromatic rings. The van der Waals surface area contributed by atoms with E-state index in [0.29, 0.717) is 0 Å². The first-order valence-corrected chi connectivity index (χ1v) is 8.20. The molecule has 0 saturated carbocycles. The first-order chi connectivity index (χ1) is 6.43. The van der Waals surface area contributed by atoms with Gasteiger partial charge in [0.25, 0.3) is 0 Å². The van der Waals surface area contributed by atoms with Gasteiger partial charge in [-0.1, -0.05) is 0 Å².